The molecule has 0 radical (unpaired) electrons. The minimum absolute atomic E-state index is 0. The van der Waals surface area contributed by atoms with E-state index in [9.17, 15) is 0 Å². The van der Waals surface area contributed by atoms with Crippen molar-refractivity contribution in [2.45, 2.75) is 20.3 Å². The smallest absolute Gasteiger partial charge is 0.147 e. The minimum Gasteiger partial charge on any atom is -0.147 e. The predicted molar refractivity (Wildman–Crippen MR) is 144 cm³/mol. The fourth-order valence-electron chi connectivity index (χ4n) is 4.02. The Morgan fingerprint density at radius 1 is 0.629 bits per heavy atom. The number of hydrogen-bond acceptors (Lipinski definition) is 3. The minimum atomic E-state index is -3.01. The van der Waals surface area contributed by atoms with Crippen LogP contribution in [0.25, 0.3) is 16.3 Å². The van der Waals surface area contributed by atoms with E-state index in [1.807, 2.05) is 66.7 Å². The summed E-state index contributed by atoms with van der Waals surface area (Å²) in [5.74, 6) is 2.34. The Morgan fingerprint density at radius 3 is 1.77 bits per heavy atom. The zero-order chi connectivity index (χ0) is 22.6. The van der Waals surface area contributed by atoms with Crippen LogP contribution in [0.15, 0.2) is 114 Å². The molecule has 0 saturated carbocycles. The Balaban J connectivity index is 0.00000171. The number of fused-ring (bicyclic) bond motifs is 1. The summed E-state index contributed by atoms with van der Waals surface area (Å²) >= 11 is -3.01. The largest absolute Gasteiger partial charge is 0.147 e. The van der Waals surface area contributed by atoms with Crippen LogP contribution in [0.5, 0.6) is 17.2 Å². The molecule has 0 fully saturated rings. The van der Waals surface area contributed by atoms with Gasteiger partial charge in [0, 0.05) is 0 Å². The SMILES string of the molecule is CC1=CCC(c2ccc3ccccc3c2[O][Ti]([O]c2ccccc2)[O]c2ccccc2)=C1C.Cl.Cl. The van der Waals surface area contributed by atoms with Gasteiger partial charge in [-0.1, -0.05) is 0 Å². The molecule has 1 aliphatic carbocycles. The number of benzene rings is 4. The van der Waals surface area contributed by atoms with Crippen molar-refractivity contribution in [1.29, 1.82) is 0 Å². The molecule has 0 atom stereocenters. The van der Waals surface area contributed by atoms with Gasteiger partial charge in [0.1, 0.15) is 0 Å². The molecule has 0 heterocycles. The van der Waals surface area contributed by atoms with Gasteiger partial charge in [0.2, 0.25) is 0 Å². The second kappa shape index (κ2) is 12.3. The van der Waals surface area contributed by atoms with Gasteiger partial charge in [-0.25, -0.2) is 0 Å². The van der Waals surface area contributed by atoms with Gasteiger partial charge in [-0.15, -0.1) is 24.8 Å². The van der Waals surface area contributed by atoms with Crippen LogP contribution >= 0.6 is 24.8 Å². The summed E-state index contributed by atoms with van der Waals surface area (Å²) in [7, 11) is 0. The van der Waals surface area contributed by atoms with Crippen LogP contribution in [0.4, 0.5) is 0 Å². The van der Waals surface area contributed by atoms with Crippen molar-refractivity contribution < 1.29 is 29.0 Å². The summed E-state index contributed by atoms with van der Waals surface area (Å²) in [6.45, 7) is 4.35. The molecule has 35 heavy (non-hydrogen) atoms. The van der Waals surface area contributed by atoms with Crippen LogP contribution < -0.4 is 9.96 Å². The van der Waals surface area contributed by atoms with Crippen molar-refractivity contribution in [3.8, 4) is 17.2 Å². The molecule has 0 amide bonds. The fraction of sp³-hybridized carbons (Fsp3) is 0.103. The summed E-state index contributed by atoms with van der Waals surface area (Å²) in [5, 5.41) is 2.20. The second-order valence-corrected chi connectivity index (χ2v) is 9.78. The zero-order valence-electron chi connectivity index (χ0n) is 19.6. The van der Waals surface area contributed by atoms with Crippen molar-refractivity contribution in [1.82, 2.24) is 0 Å². The van der Waals surface area contributed by atoms with Gasteiger partial charge >= 0.3 is 203 Å². The Bertz CT molecular complexity index is 1300. The average molecular weight is 542 g/mol. The van der Waals surface area contributed by atoms with Gasteiger partial charge in [-0.3, -0.25) is 0 Å². The quantitative estimate of drug-likeness (QED) is 0.219. The maximum atomic E-state index is 6.73. The number of allylic oxidation sites excluding steroid dienone is 4. The summed E-state index contributed by atoms with van der Waals surface area (Å²) in [6, 6.07) is 32.2. The van der Waals surface area contributed by atoms with E-state index in [4.69, 9.17) is 9.96 Å². The Labute approximate surface area is 226 Å². The third kappa shape index (κ3) is 6.12. The van der Waals surface area contributed by atoms with Crippen molar-refractivity contribution >= 4 is 41.2 Å². The normalized spacial score (nSPS) is 12.3. The first-order valence-corrected chi connectivity index (χ1v) is 13.0. The average Bonchev–Trinajstić information content (AvgIpc) is 3.18. The van der Waals surface area contributed by atoms with Crippen molar-refractivity contribution in [3.63, 3.8) is 0 Å². The number of rotatable bonds is 7. The first kappa shape index (κ1) is 26.9. The van der Waals surface area contributed by atoms with Gasteiger partial charge in [0.25, 0.3) is 0 Å². The molecule has 0 spiro atoms. The molecule has 0 aromatic heterocycles. The molecular formula is C29H27Cl2O3Ti. The van der Waals surface area contributed by atoms with Crippen LogP contribution in [-0.2, 0) is 19.0 Å². The molecule has 4 aromatic carbocycles. The molecule has 4 aromatic rings. The summed E-state index contributed by atoms with van der Waals surface area (Å²) in [4.78, 5) is 0. The number of para-hydroxylation sites is 2. The molecule has 179 valence electrons. The topological polar surface area (TPSA) is 27.7 Å². The maximum Gasteiger partial charge on any atom is -0.147 e. The number of hydrogen-bond donors (Lipinski definition) is 0. The molecule has 6 heteroatoms. The molecule has 0 bridgehead atoms. The third-order valence-electron chi connectivity index (χ3n) is 5.94. The van der Waals surface area contributed by atoms with Crippen LogP contribution in [0, 0.1) is 0 Å². The first-order valence-electron chi connectivity index (χ1n) is 11.1. The van der Waals surface area contributed by atoms with E-state index < -0.39 is 19.0 Å². The molecule has 0 saturated heterocycles. The molecule has 0 aliphatic heterocycles. The summed E-state index contributed by atoms with van der Waals surface area (Å²) < 4.78 is 19.4. The predicted octanol–water partition coefficient (Wildman–Crippen LogP) is 8.71. The zero-order valence-corrected chi connectivity index (χ0v) is 22.8. The van der Waals surface area contributed by atoms with Gasteiger partial charge in [-0.05, 0) is 0 Å². The van der Waals surface area contributed by atoms with E-state index in [0.717, 1.165) is 40.0 Å². The van der Waals surface area contributed by atoms with Crippen LogP contribution in [0.2, 0.25) is 0 Å². The van der Waals surface area contributed by atoms with Crippen LogP contribution in [0.3, 0.4) is 0 Å². The van der Waals surface area contributed by atoms with Crippen molar-refractivity contribution in [2.24, 2.45) is 0 Å². The first-order chi connectivity index (χ1) is 16.2. The third-order valence-corrected chi connectivity index (χ3v) is 7.77. The van der Waals surface area contributed by atoms with Gasteiger partial charge in [-0.2, -0.15) is 0 Å². The summed E-state index contributed by atoms with van der Waals surface area (Å²) in [6.07, 6.45) is 3.18. The summed E-state index contributed by atoms with van der Waals surface area (Å²) in [5.41, 5.74) is 5.04. The standard InChI is InChI=1S/C17H16O.2C6H6O.2ClH.Ti/c1-11-7-9-14(12(11)2)16-10-8-13-5-3-4-6-15(13)17(16)18;2*7-6-4-2-1-3-5-6;;;/h3-8,10,18H,9H2,1-2H3;2*1-5,7H;2*1H;/q;;;;;+3/p-3. The van der Waals surface area contributed by atoms with E-state index in [2.05, 4.69) is 50.3 Å². The molecule has 3 nitrogen and oxygen atoms in total. The van der Waals surface area contributed by atoms with Crippen molar-refractivity contribution in [2.75, 3.05) is 0 Å². The fourth-order valence-corrected chi connectivity index (χ4v) is 5.84. The van der Waals surface area contributed by atoms with Crippen LogP contribution in [-0.4, -0.2) is 0 Å². The van der Waals surface area contributed by atoms with E-state index in [0.29, 0.717) is 0 Å². The number of halogens is 2. The molecule has 0 unspecified atom stereocenters. The van der Waals surface area contributed by atoms with E-state index in [1.54, 1.807) is 0 Å². The van der Waals surface area contributed by atoms with Crippen molar-refractivity contribution in [3.05, 3.63) is 120 Å². The van der Waals surface area contributed by atoms with E-state index >= 15 is 0 Å². The molecule has 5 rings (SSSR count). The maximum absolute atomic E-state index is 6.73. The van der Waals surface area contributed by atoms with Crippen LogP contribution in [0.1, 0.15) is 25.8 Å². The van der Waals surface area contributed by atoms with E-state index in [1.165, 1.54) is 16.7 Å². The Kier molecular flexibility index (Phi) is 9.48. The molecular weight excluding hydrogens is 515 g/mol. The molecule has 1 aliphatic rings. The van der Waals surface area contributed by atoms with Gasteiger partial charge in [0.15, 0.2) is 0 Å². The molecule has 0 N–H and O–H groups in total. The Hall–Kier alpha value is -2.69. The van der Waals surface area contributed by atoms with E-state index in [-0.39, 0.29) is 24.8 Å². The monoisotopic (exact) mass is 541 g/mol. The van der Waals surface area contributed by atoms with Gasteiger partial charge in [0.05, 0.1) is 0 Å². The Morgan fingerprint density at radius 2 is 1.20 bits per heavy atom. The second-order valence-electron chi connectivity index (χ2n) is 8.04. The van der Waals surface area contributed by atoms with Gasteiger partial charge < -0.3 is 0 Å².